The first-order valence-electron chi connectivity index (χ1n) is 7.88. The Bertz CT molecular complexity index is 815. The van der Waals surface area contributed by atoms with Gasteiger partial charge < -0.3 is 19.0 Å². The highest BCUT2D eigenvalue weighted by molar-refractivity contribution is 6.04. The highest BCUT2D eigenvalue weighted by Crippen LogP contribution is 2.31. The third-order valence-corrected chi connectivity index (χ3v) is 3.85. The second-order valence-corrected chi connectivity index (χ2v) is 5.64. The van der Waals surface area contributed by atoms with Gasteiger partial charge in [0.25, 0.3) is 0 Å². The van der Waals surface area contributed by atoms with Crippen LogP contribution in [0.5, 0.6) is 17.2 Å². The topological polar surface area (TPSA) is 66.4 Å². The van der Waals surface area contributed by atoms with E-state index in [1.807, 2.05) is 19.1 Å². The Labute approximate surface area is 146 Å². The molecule has 1 aliphatic heterocycles. The van der Waals surface area contributed by atoms with E-state index in [4.69, 9.17) is 19.0 Å². The van der Waals surface area contributed by atoms with Crippen LogP contribution in [-0.2, 0) is 4.84 Å². The zero-order valence-electron chi connectivity index (χ0n) is 14.3. The molecule has 1 atom stereocenters. The Kier molecular flexibility index (Phi) is 4.88. The number of methoxy groups -OCH3 is 2. The predicted octanol–water partition coefficient (Wildman–Crippen LogP) is 3.44. The van der Waals surface area contributed by atoms with Crippen molar-refractivity contribution in [1.82, 2.24) is 0 Å². The Hall–Kier alpha value is -3.02. The fourth-order valence-corrected chi connectivity index (χ4v) is 2.59. The van der Waals surface area contributed by atoms with Gasteiger partial charge in [0.05, 0.1) is 25.5 Å². The molecular weight excluding hydrogens is 322 g/mol. The SMILES string of the molecule is COc1cccc(C(=O)O/N=C2/CC(C)Oc3cc(OC)ccc32)c1. The van der Waals surface area contributed by atoms with E-state index in [9.17, 15) is 4.79 Å². The van der Waals surface area contributed by atoms with Crippen molar-refractivity contribution in [2.75, 3.05) is 14.2 Å². The third kappa shape index (κ3) is 3.74. The Morgan fingerprint density at radius 3 is 2.64 bits per heavy atom. The molecule has 0 aromatic heterocycles. The van der Waals surface area contributed by atoms with Crippen molar-refractivity contribution in [1.29, 1.82) is 0 Å². The molecule has 1 aliphatic rings. The number of rotatable bonds is 4. The molecule has 130 valence electrons. The van der Waals surface area contributed by atoms with Gasteiger partial charge in [0.2, 0.25) is 0 Å². The van der Waals surface area contributed by atoms with E-state index < -0.39 is 5.97 Å². The van der Waals surface area contributed by atoms with Crippen molar-refractivity contribution in [3.8, 4) is 17.2 Å². The molecule has 0 fully saturated rings. The lowest BCUT2D eigenvalue weighted by molar-refractivity contribution is 0.0512. The Morgan fingerprint density at radius 2 is 1.88 bits per heavy atom. The van der Waals surface area contributed by atoms with Gasteiger partial charge in [-0.05, 0) is 37.3 Å². The van der Waals surface area contributed by atoms with E-state index in [1.54, 1.807) is 44.6 Å². The first kappa shape index (κ1) is 16.8. The fraction of sp³-hybridized carbons (Fsp3) is 0.263. The molecule has 3 rings (SSSR count). The number of ether oxygens (including phenoxy) is 3. The van der Waals surface area contributed by atoms with E-state index >= 15 is 0 Å². The number of hydrogen-bond acceptors (Lipinski definition) is 6. The first-order chi connectivity index (χ1) is 12.1. The lowest BCUT2D eigenvalue weighted by atomic mass is 10.0. The second kappa shape index (κ2) is 7.25. The molecule has 25 heavy (non-hydrogen) atoms. The number of nitrogens with zero attached hydrogens (tertiary/aromatic N) is 1. The molecule has 0 amide bonds. The summed E-state index contributed by atoms with van der Waals surface area (Å²) in [6, 6.07) is 12.2. The summed E-state index contributed by atoms with van der Waals surface area (Å²) < 4.78 is 16.1. The smallest absolute Gasteiger partial charge is 0.365 e. The molecule has 0 N–H and O–H groups in total. The van der Waals surface area contributed by atoms with Crippen molar-refractivity contribution < 1.29 is 23.8 Å². The van der Waals surface area contributed by atoms with Gasteiger partial charge >= 0.3 is 5.97 Å². The van der Waals surface area contributed by atoms with Crippen molar-refractivity contribution in [2.45, 2.75) is 19.4 Å². The minimum atomic E-state index is -0.541. The molecule has 2 aromatic rings. The van der Waals surface area contributed by atoms with Gasteiger partial charge in [0, 0.05) is 18.1 Å². The van der Waals surface area contributed by atoms with E-state index in [-0.39, 0.29) is 6.10 Å². The van der Waals surface area contributed by atoms with Crippen LogP contribution in [0, 0.1) is 0 Å². The molecule has 1 unspecified atom stereocenters. The number of benzene rings is 2. The molecule has 0 saturated heterocycles. The maximum Gasteiger partial charge on any atom is 0.365 e. The monoisotopic (exact) mass is 341 g/mol. The van der Waals surface area contributed by atoms with Crippen LogP contribution in [0.4, 0.5) is 0 Å². The quantitative estimate of drug-likeness (QED) is 0.629. The average molecular weight is 341 g/mol. The molecule has 0 bridgehead atoms. The van der Waals surface area contributed by atoms with Crippen LogP contribution in [0.25, 0.3) is 0 Å². The van der Waals surface area contributed by atoms with Crippen LogP contribution in [-0.4, -0.2) is 32.0 Å². The summed E-state index contributed by atoms with van der Waals surface area (Å²) in [6.45, 7) is 1.93. The fourth-order valence-electron chi connectivity index (χ4n) is 2.59. The second-order valence-electron chi connectivity index (χ2n) is 5.64. The van der Waals surface area contributed by atoms with Crippen molar-refractivity contribution >= 4 is 11.7 Å². The molecule has 0 aliphatic carbocycles. The summed E-state index contributed by atoms with van der Waals surface area (Å²) in [4.78, 5) is 17.3. The summed E-state index contributed by atoms with van der Waals surface area (Å²) in [7, 11) is 3.14. The third-order valence-electron chi connectivity index (χ3n) is 3.85. The Balaban J connectivity index is 1.83. The summed E-state index contributed by atoms with van der Waals surface area (Å²) in [6.07, 6.45) is 0.471. The number of fused-ring (bicyclic) bond motifs is 1. The van der Waals surface area contributed by atoms with Gasteiger partial charge in [-0.15, -0.1) is 0 Å². The molecule has 0 spiro atoms. The van der Waals surface area contributed by atoms with Gasteiger partial charge in [-0.3, -0.25) is 0 Å². The maximum absolute atomic E-state index is 12.2. The zero-order valence-corrected chi connectivity index (χ0v) is 14.3. The molecule has 0 radical (unpaired) electrons. The van der Waals surface area contributed by atoms with Crippen molar-refractivity contribution in [3.63, 3.8) is 0 Å². The van der Waals surface area contributed by atoms with E-state index in [2.05, 4.69) is 5.16 Å². The highest BCUT2D eigenvalue weighted by Gasteiger charge is 2.23. The molecule has 6 nitrogen and oxygen atoms in total. The standard InChI is InChI=1S/C19H19NO5/c1-12-9-17(16-8-7-15(23-3)11-18(16)24-12)20-25-19(21)13-5-4-6-14(10-13)22-2/h4-8,10-12H,9H2,1-3H3/b20-17-. The van der Waals surface area contributed by atoms with Gasteiger partial charge in [-0.25, -0.2) is 4.79 Å². The van der Waals surface area contributed by atoms with Crippen LogP contribution >= 0.6 is 0 Å². The van der Waals surface area contributed by atoms with Crippen LogP contribution in [0.3, 0.4) is 0 Å². The van der Waals surface area contributed by atoms with Gasteiger partial charge in [-0.1, -0.05) is 11.2 Å². The zero-order chi connectivity index (χ0) is 17.8. The van der Waals surface area contributed by atoms with E-state index in [0.29, 0.717) is 34.9 Å². The van der Waals surface area contributed by atoms with Gasteiger partial charge in [-0.2, -0.15) is 0 Å². The summed E-state index contributed by atoms with van der Waals surface area (Å²) in [5.41, 5.74) is 1.82. The molecular formula is C19H19NO5. The first-order valence-corrected chi connectivity index (χ1v) is 7.88. The van der Waals surface area contributed by atoms with E-state index in [0.717, 1.165) is 5.56 Å². The number of carbonyl (C=O) groups is 1. The lowest BCUT2D eigenvalue weighted by Crippen LogP contribution is -2.25. The molecule has 2 aromatic carbocycles. The van der Waals surface area contributed by atoms with Crippen LogP contribution < -0.4 is 14.2 Å². The van der Waals surface area contributed by atoms with E-state index in [1.165, 1.54) is 0 Å². The average Bonchev–Trinajstić information content (AvgIpc) is 2.65. The molecule has 0 saturated carbocycles. The molecule has 6 heteroatoms. The van der Waals surface area contributed by atoms with Crippen LogP contribution in [0.2, 0.25) is 0 Å². The van der Waals surface area contributed by atoms with Crippen LogP contribution in [0.1, 0.15) is 29.3 Å². The molecule has 1 heterocycles. The van der Waals surface area contributed by atoms with Gasteiger partial charge in [0.1, 0.15) is 23.4 Å². The van der Waals surface area contributed by atoms with Crippen LogP contribution in [0.15, 0.2) is 47.6 Å². The number of hydrogen-bond donors (Lipinski definition) is 0. The highest BCUT2D eigenvalue weighted by atomic mass is 16.7. The van der Waals surface area contributed by atoms with Gasteiger partial charge in [0.15, 0.2) is 0 Å². The largest absolute Gasteiger partial charge is 0.497 e. The normalized spacial score (nSPS) is 17.4. The number of oxime groups is 1. The summed E-state index contributed by atoms with van der Waals surface area (Å²) in [5, 5.41) is 4.07. The summed E-state index contributed by atoms with van der Waals surface area (Å²) in [5.74, 6) is 1.40. The Morgan fingerprint density at radius 1 is 1.12 bits per heavy atom. The predicted molar refractivity (Wildman–Crippen MR) is 92.6 cm³/mol. The maximum atomic E-state index is 12.2. The summed E-state index contributed by atoms with van der Waals surface area (Å²) >= 11 is 0. The minimum Gasteiger partial charge on any atom is -0.497 e. The van der Waals surface area contributed by atoms with Crippen molar-refractivity contribution in [3.05, 3.63) is 53.6 Å². The van der Waals surface area contributed by atoms with Crippen molar-refractivity contribution in [2.24, 2.45) is 5.16 Å². The number of carbonyl (C=O) groups excluding carboxylic acids is 1. The lowest BCUT2D eigenvalue weighted by Gasteiger charge is -2.24. The minimum absolute atomic E-state index is 0.0751.